The summed E-state index contributed by atoms with van der Waals surface area (Å²) in [5.74, 6) is -0.400. The van der Waals surface area contributed by atoms with Crippen LogP contribution in [0.15, 0.2) is 41.6 Å². The SMILES string of the molecule is CC(C)=C1CC(=O)N1CC(=O)OCc1ccccc1. The molecule has 0 N–H and O–H groups in total. The summed E-state index contributed by atoms with van der Waals surface area (Å²) >= 11 is 0. The largest absolute Gasteiger partial charge is 0.459 e. The van der Waals surface area contributed by atoms with Crippen LogP contribution < -0.4 is 0 Å². The molecule has 1 aliphatic rings. The second kappa shape index (κ2) is 5.69. The van der Waals surface area contributed by atoms with Crippen LogP contribution in [-0.4, -0.2) is 23.3 Å². The van der Waals surface area contributed by atoms with Gasteiger partial charge < -0.3 is 9.64 Å². The Labute approximate surface area is 112 Å². The third-order valence-corrected chi connectivity index (χ3v) is 3.05. The molecule has 1 aromatic rings. The summed E-state index contributed by atoms with van der Waals surface area (Å²) in [5, 5.41) is 0. The number of benzene rings is 1. The van der Waals surface area contributed by atoms with Gasteiger partial charge in [0, 0.05) is 5.70 Å². The highest BCUT2D eigenvalue weighted by atomic mass is 16.5. The summed E-state index contributed by atoms with van der Waals surface area (Å²) in [6, 6.07) is 9.48. The van der Waals surface area contributed by atoms with Gasteiger partial charge in [-0.3, -0.25) is 9.59 Å². The highest BCUT2D eigenvalue weighted by molar-refractivity contribution is 5.91. The van der Waals surface area contributed by atoms with Gasteiger partial charge in [-0.15, -0.1) is 0 Å². The van der Waals surface area contributed by atoms with Crippen molar-refractivity contribution >= 4 is 11.9 Å². The predicted molar refractivity (Wildman–Crippen MR) is 70.9 cm³/mol. The Kier molecular flexibility index (Phi) is 4.00. The maximum absolute atomic E-state index is 11.7. The average molecular weight is 259 g/mol. The van der Waals surface area contributed by atoms with Crippen LogP contribution in [0.1, 0.15) is 25.8 Å². The molecular weight excluding hydrogens is 242 g/mol. The number of ether oxygens (including phenoxy) is 1. The minimum Gasteiger partial charge on any atom is -0.459 e. The lowest BCUT2D eigenvalue weighted by Gasteiger charge is -2.34. The molecule has 1 fully saturated rings. The van der Waals surface area contributed by atoms with Gasteiger partial charge in [0.2, 0.25) is 5.91 Å². The number of rotatable bonds is 4. The molecule has 1 amide bonds. The molecule has 0 saturated carbocycles. The number of carbonyl (C=O) groups is 2. The van der Waals surface area contributed by atoms with E-state index in [2.05, 4.69) is 0 Å². The Morgan fingerprint density at radius 2 is 1.95 bits per heavy atom. The fourth-order valence-corrected chi connectivity index (χ4v) is 1.94. The number of esters is 1. The molecule has 1 aliphatic heterocycles. The lowest BCUT2D eigenvalue weighted by Crippen LogP contribution is -2.45. The molecular formula is C15H17NO3. The molecule has 0 bridgehead atoms. The van der Waals surface area contributed by atoms with Crippen LogP contribution in [0, 0.1) is 0 Å². The van der Waals surface area contributed by atoms with E-state index in [0.29, 0.717) is 6.42 Å². The van der Waals surface area contributed by atoms with Crippen LogP contribution in [-0.2, 0) is 20.9 Å². The predicted octanol–water partition coefficient (Wildman–Crippen LogP) is 2.26. The minimum absolute atomic E-state index is 0.00613. The Morgan fingerprint density at radius 3 is 2.53 bits per heavy atom. The minimum atomic E-state index is -0.379. The Hall–Kier alpha value is -2.10. The lowest BCUT2D eigenvalue weighted by molar-refractivity contribution is -0.151. The molecule has 0 aromatic heterocycles. The van der Waals surface area contributed by atoms with Crippen LogP contribution in [0.5, 0.6) is 0 Å². The van der Waals surface area contributed by atoms with Crippen molar-refractivity contribution in [3.8, 4) is 0 Å². The van der Waals surface area contributed by atoms with Crippen LogP contribution in [0.4, 0.5) is 0 Å². The fraction of sp³-hybridized carbons (Fsp3) is 0.333. The quantitative estimate of drug-likeness (QED) is 0.615. The van der Waals surface area contributed by atoms with E-state index in [-0.39, 0.29) is 25.0 Å². The van der Waals surface area contributed by atoms with Gasteiger partial charge in [0.25, 0.3) is 0 Å². The van der Waals surface area contributed by atoms with E-state index in [1.165, 1.54) is 4.90 Å². The van der Waals surface area contributed by atoms with Crippen molar-refractivity contribution in [2.24, 2.45) is 0 Å². The number of amides is 1. The third-order valence-electron chi connectivity index (χ3n) is 3.05. The van der Waals surface area contributed by atoms with Crippen LogP contribution >= 0.6 is 0 Å². The lowest BCUT2D eigenvalue weighted by atomic mass is 10.0. The molecule has 4 nitrogen and oxygen atoms in total. The van der Waals surface area contributed by atoms with Crippen molar-refractivity contribution in [2.75, 3.05) is 6.54 Å². The molecule has 0 aliphatic carbocycles. The molecule has 0 spiro atoms. The second-order valence-corrected chi connectivity index (χ2v) is 4.75. The Balaban J connectivity index is 1.85. The third kappa shape index (κ3) is 3.22. The van der Waals surface area contributed by atoms with Gasteiger partial charge in [-0.1, -0.05) is 35.9 Å². The Bertz CT molecular complexity index is 515. The first-order valence-electron chi connectivity index (χ1n) is 6.24. The molecule has 1 saturated heterocycles. The number of hydrogen-bond acceptors (Lipinski definition) is 3. The number of carbonyl (C=O) groups excluding carboxylic acids is 2. The number of β-lactam (4-membered cyclic amide) rings is 1. The zero-order valence-electron chi connectivity index (χ0n) is 11.2. The van der Waals surface area contributed by atoms with E-state index in [1.54, 1.807) is 0 Å². The standard InChI is InChI=1S/C15H17NO3/c1-11(2)13-8-14(17)16(13)9-15(18)19-10-12-6-4-3-5-7-12/h3-7H,8-10H2,1-2H3. The number of nitrogens with zero attached hydrogens (tertiary/aromatic N) is 1. The average Bonchev–Trinajstić information content (AvgIpc) is 2.40. The van der Waals surface area contributed by atoms with E-state index < -0.39 is 0 Å². The molecule has 100 valence electrons. The molecule has 19 heavy (non-hydrogen) atoms. The topological polar surface area (TPSA) is 46.6 Å². The smallest absolute Gasteiger partial charge is 0.326 e. The van der Waals surface area contributed by atoms with E-state index in [0.717, 1.165) is 16.8 Å². The van der Waals surface area contributed by atoms with Crippen molar-refractivity contribution in [1.29, 1.82) is 0 Å². The highest BCUT2D eigenvalue weighted by Gasteiger charge is 2.32. The van der Waals surface area contributed by atoms with E-state index in [4.69, 9.17) is 4.74 Å². The summed E-state index contributed by atoms with van der Waals surface area (Å²) in [7, 11) is 0. The first kappa shape index (κ1) is 13.3. The van der Waals surface area contributed by atoms with Crippen molar-refractivity contribution in [1.82, 2.24) is 4.90 Å². The normalized spacial score (nSPS) is 14.1. The van der Waals surface area contributed by atoms with Gasteiger partial charge in [-0.25, -0.2) is 0 Å². The summed E-state index contributed by atoms with van der Waals surface area (Å²) in [6.07, 6.45) is 0.425. The van der Waals surface area contributed by atoms with Gasteiger partial charge in [0.05, 0.1) is 6.42 Å². The molecule has 0 radical (unpaired) electrons. The first-order chi connectivity index (χ1) is 9.08. The molecule has 2 rings (SSSR count). The van der Waals surface area contributed by atoms with Crippen molar-refractivity contribution in [2.45, 2.75) is 26.9 Å². The van der Waals surface area contributed by atoms with Crippen molar-refractivity contribution < 1.29 is 14.3 Å². The zero-order chi connectivity index (χ0) is 13.8. The molecule has 4 heteroatoms. The molecule has 0 unspecified atom stereocenters. The molecule has 1 aromatic carbocycles. The maximum Gasteiger partial charge on any atom is 0.326 e. The van der Waals surface area contributed by atoms with Gasteiger partial charge >= 0.3 is 5.97 Å². The molecule has 1 heterocycles. The van der Waals surface area contributed by atoms with Crippen molar-refractivity contribution in [3.05, 3.63) is 47.2 Å². The number of likely N-dealkylation sites (tertiary alicyclic amines) is 1. The first-order valence-corrected chi connectivity index (χ1v) is 6.24. The van der Waals surface area contributed by atoms with Gasteiger partial charge in [0.15, 0.2) is 0 Å². The monoisotopic (exact) mass is 259 g/mol. The fourth-order valence-electron chi connectivity index (χ4n) is 1.94. The van der Waals surface area contributed by atoms with Crippen LogP contribution in [0.25, 0.3) is 0 Å². The summed E-state index contributed by atoms with van der Waals surface area (Å²) in [5.41, 5.74) is 2.94. The van der Waals surface area contributed by atoms with E-state index in [9.17, 15) is 9.59 Å². The van der Waals surface area contributed by atoms with E-state index in [1.807, 2.05) is 44.2 Å². The van der Waals surface area contributed by atoms with Crippen LogP contribution in [0.3, 0.4) is 0 Å². The summed E-state index contributed by atoms with van der Waals surface area (Å²) < 4.78 is 5.16. The van der Waals surface area contributed by atoms with Gasteiger partial charge in [-0.2, -0.15) is 0 Å². The summed E-state index contributed by atoms with van der Waals surface area (Å²) in [6.45, 7) is 4.12. The Morgan fingerprint density at radius 1 is 1.26 bits per heavy atom. The van der Waals surface area contributed by atoms with Gasteiger partial charge in [0.1, 0.15) is 13.2 Å². The van der Waals surface area contributed by atoms with Gasteiger partial charge in [-0.05, 0) is 19.4 Å². The van der Waals surface area contributed by atoms with E-state index >= 15 is 0 Å². The van der Waals surface area contributed by atoms with Crippen LogP contribution in [0.2, 0.25) is 0 Å². The maximum atomic E-state index is 11.7. The number of allylic oxidation sites excluding steroid dienone is 1. The highest BCUT2D eigenvalue weighted by Crippen LogP contribution is 2.26. The van der Waals surface area contributed by atoms with Crippen molar-refractivity contribution in [3.63, 3.8) is 0 Å². The molecule has 0 atom stereocenters. The zero-order valence-corrected chi connectivity index (χ0v) is 11.2. The second-order valence-electron chi connectivity index (χ2n) is 4.75. The number of hydrogen-bond donors (Lipinski definition) is 0. The summed E-state index contributed by atoms with van der Waals surface area (Å²) in [4.78, 5) is 24.6.